The molecule has 0 aliphatic heterocycles. The first kappa shape index (κ1) is 67.6. The Morgan fingerprint density at radius 3 is 0.972 bits per heavy atom. The van der Waals surface area contributed by atoms with Crippen LogP contribution in [0.1, 0.15) is 290 Å². The maximum absolute atomic E-state index is 12.9. The minimum absolute atomic E-state index is 0.108. The molecule has 408 valence electrons. The Morgan fingerprint density at radius 1 is 0.310 bits per heavy atom. The topological polar surface area (TPSA) is 78.9 Å². The third kappa shape index (κ3) is 57.4. The zero-order valence-corrected chi connectivity index (χ0v) is 46.7. The number of ether oxygens (including phenoxy) is 3. The van der Waals surface area contributed by atoms with Crippen molar-refractivity contribution in [2.45, 2.75) is 297 Å². The van der Waals surface area contributed by atoms with Crippen molar-refractivity contribution in [2.24, 2.45) is 0 Å². The lowest BCUT2D eigenvalue weighted by atomic mass is 10.1. The van der Waals surface area contributed by atoms with Crippen LogP contribution >= 0.6 is 0 Å². The lowest BCUT2D eigenvalue weighted by Crippen LogP contribution is -2.30. The molecule has 0 heterocycles. The molecule has 0 bridgehead atoms. The molecule has 6 heteroatoms. The molecule has 1 atom stereocenters. The molecule has 71 heavy (non-hydrogen) atoms. The fraction of sp³-hybridized carbons (Fsp3) is 0.738. The number of unbranched alkanes of at least 4 members (excludes halogenated alkanes) is 30. The van der Waals surface area contributed by atoms with Crippen LogP contribution in [0.3, 0.4) is 0 Å². The first-order valence-electron chi connectivity index (χ1n) is 30.1. The summed E-state index contributed by atoms with van der Waals surface area (Å²) in [5.41, 5.74) is 0. The van der Waals surface area contributed by atoms with E-state index in [2.05, 4.69) is 93.7 Å². The summed E-state index contributed by atoms with van der Waals surface area (Å²) in [5, 5.41) is 0. The quantitative estimate of drug-likeness (QED) is 0.0261. The highest BCUT2D eigenvalue weighted by atomic mass is 16.6. The summed E-state index contributed by atoms with van der Waals surface area (Å²) in [5.74, 6) is -1.04. The van der Waals surface area contributed by atoms with Crippen molar-refractivity contribution < 1.29 is 28.6 Å². The van der Waals surface area contributed by atoms with Crippen molar-refractivity contribution in [1.29, 1.82) is 0 Å². The Labute approximate surface area is 439 Å². The minimum Gasteiger partial charge on any atom is -0.462 e. The summed E-state index contributed by atoms with van der Waals surface area (Å²) in [7, 11) is 0. The number of allylic oxidation sites excluding steroid dienone is 13. The normalized spacial score (nSPS) is 12.7. The van der Waals surface area contributed by atoms with Crippen molar-refractivity contribution in [2.75, 3.05) is 13.2 Å². The van der Waals surface area contributed by atoms with Gasteiger partial charge in [-0.15, -0.1) is 0 Å². The number of carbonyl (C=O) groups excluding carboxylic acids is 3. The third-order valence-electron chi connectivity index (χ3n) is 12.9. The van der Waals surface area contributed by atoms with Crippen LogP contribution in [0, 0.1) is 0 Å². The van der Waals surface area contributed by atoms with E-state index in [0.29, 0.717) is 12.8 Å². The molecule has 0 aromatic carbocycles. The summed E-state index contributed by atoms with van der Waals surface area (Å²) in [6.07, 6.45) is 77.5. The van der Waals surface area contributed by atoms with Gasteiger partial charge >= 0.3 is 17.9 Å². The highest BCUT2D eigenvalue weighted by Crippen LogP contribution is 2.15. The van der Waals surface area contributed by atoms with Gasteiger partial charge in [-0.1, -0.05) is 260 Å². The van der Waals surface area contributed by atoms with E-state index in [-0.39, 0.29) is 31.6 Å². The van der Waals surface area contributed by atoms with Crippen molar-refractivity contribution in [3.05, 3.63) is 85.1 Å². The van der Waals surface area contributed by atoms with Crippen LogP contribution < -0.4 is 0 Å². The maximum Gasteiger partial charge on any atom is 0.309 e. The van der Waals surface area contributed by atoms with Gasteiger partial charge in [-0.05, 0) is 96.3 Å². The van der Waals surface area contributed by atoms with E-state index in [1.807, 2.05) is 6.08 Å². The molecule has 0 spiro atoms. The van der Waals surface area contributed by atoms with Crippen LogP contribution in [0.4, 0.5) is 0 Å². The molecule has 0 aromatic heterocycles. The summed E-state index contributed by atoms with van der Waals surface area (Å²) in [4.78, 5) is 38.1. The van der Waals surface area contributed by atoms with E-state index >= 15 is 0 Å². The highest BCUT2D eigenvalue weighted by Gasteiger charge is 2.19. The smallest absolute Gasteiger partial charge is 0.309 e. The Kier molecular flexibility index (Phi) is 56.3. The molecular weight excluding hydrogens is 877 g/mol. The largest absolute Gasteiger partial charge is 0.462 e. The second-order valence-corrected chi connectivity index (χ2v) is 19.9. The van der Waals surface area contributed by atoms with E-state index in [1.165, 1.54) is 180 Å². The molecule has 0 amide bonds. The first-order chi connectivity index (χ1) is 35.0. The van der Waals surface area contributed by atoms with Crippen LogP contribution in [0.25, 0.3) is 0 Å². The molecule has 1 unspecified atom stereocenters. The molecule has 0 aliphatic carbocycles. The fourth-order valence-corrected chi connectivity index (χ4v) is 8.39. The van der Waals surface area contributed by atoms with Crippen molar-refractivity contribution in [1.82, 2.24) is 0 Å². The maximum atomic E-state index is 12.9. The van der Waals surface area contributed by atoms with Gasteiger partial charge in [0.15, 0.2) is 6.10 Å². The van der Waals surface area contributed by atoms with Crippen molar-refractivity contribution in [3.63, 3.8) is 0 Å². The summed E-state index contributed by atoms with van der Waals surface area (Å²) < 4.78 is 16.8. The summed E-state index contributed by atoms with van der Waals surface area (Å²) in [6.45, 7) is 6.45. The standard InChI is InChI=1S/C65H112O6/c1-4-7-10-13-16-19-22-25-28-30-31-32-33-35-37-40-43-46-49-52-55-58-64(67)70-61-62(60-69-63(66)57-54-51-48-45-42-39-36-27-24-21-18-15-12-9-6-3)71-65(68)59-56-53-50-47-44-41-38-34-29-26-23-20-17-14-11-8-5-2/h9,12,18,21,26-27,29-31,36,42,45,51,54,62H,4-8,10-11,13-17,19-20,22-25,28,32-35,37-41,43-44,46-50,52-53,55-61H2,1-3H3/b12-9-,21-18-,29-26-,31-30-,36-27-,45-42-,54-51-. The van der Waals surface area contributed by atoms with E-state index < -0.39 is 12.1 Å². The third-order valence-corrected chi connectivity index (χ3v) is 12.9. The van der Waals surface area contributed by atoms with Gasteiger partial charge in [0, 0.05) is 12.8 Å². The Morgan fingerprint density at radius 2 is 0.606 bits per heavy atom. The van der Waals surface area contributed by atoms with Crippen LogP contribution in [-0.2, 0) is 28.6 Å². The Hall–Kier alpha value is -3.41. The molecule has 0 saturated heterocycles. The van der Waals surface area contributed by atoms with E-state index in [4.69, 9.17) is 14.2 Å². The van der Waals surface area contributed by atoms with E-state index in [0.717, 1.165) is 70.6 Å². The van der Waals surface area contributed by atoms with Gasteiger partial charge in [0.2, 0.25) is 0 Å². The van der Waals surface area contributed by atoms with E-state index in [1.54, 1.807) is 6.08 Å². The number of hydrogen-bond donors (Lipinski definition) is 0. The molecule has 0 aliphatic rings. The SMILES string of the molecule is CC/C=C\C/C=C\C/C=C\C/C=C\C/C=C\CC(=O)OCC(COC(=O)CCCCCCCCCCC/C=C\CCCCCCCCCC)OC(=O)CCCCCCCCC/C=C\CCCCCCCC. The van der Waals surface area contributed by atoms with Gasteiger partial charge in [0.1, 0.15) is 13.2 Å². The predicted octanol–water partition coefficient (Wildman–Crippen LogP) is 20.3. The molecule has 0 aromatic rings. The van der Waals surface area contributed by atoms with Gasteiger partial charge in [0.25, 0.3) is 0 Å². The number of carbonyl (C=O) groups is 3. The lowest BCUT2D eigenvalue weighted by molar-refractivity contribution is -0.166. The van der Waals surface area contributed by atoms with Gasteiger partial charge in [-0.25, -0.2) is 0 Å². The minimum atomic E-state index is -0.820. The first-order valence-corrected chi connectivity index (χ1v) is 30.1. The predicted molar refractivity (Wildman–Crippen MR) is 307 cm³/mol. The Bertz CT molecular complexity index is 1370. The van der Waals surface area contributed by atoms with Gasteiger partial charge in [-0.3, -0.25) is 14.4 Å². The monoisotopic (exact) mass is 989 g/mol. The molecule has 0 rings (SSSR count). The second-order valence-electron chi connectivity index (χ2n) is 19.9. The summed E-state index contributed by atoms with van der Waals surface area (Å²) >= 11 is 0. The average Bonchev–Trinajstić information content (AvgIpc) is 3.37. The van der Waals surface area contributed by atoms with Crippen LogP contribution in [0.5, 0.6) is 0 Å². The molecule has 0 saturated carbocycles. The number of esters is 3. The van der Waals surface area contributed by atoms with Crippen molar-refractivity contribution >= 4 is 17.9 Å². The molecule has 0 N–H and O–H groups in total. The average molecular weight is 990 g/mol. The number of hydrogen-bond acceptors (Lipinski definition) is 6. The van der Waals surface area contributed by atoms with Crippen LogP contribution in [0.2, 0.25) is 0 Å². The van der Waals surface area contributed by atoms with Gasteiger partial charge in [0.05, 0.1) is 6.42 Å². The zero-order chi connectivity index (χ0) is 51.4. The molecule has 6 nitrogen and oxygen atoms in total. The molecule has 0 fully saturated rings. The van der Waals surface area contributed by atoms with Crippen LogP contribution in [0.15, 0.2) is 85.1 Å². The Balaban J connectivity index is 4.44. The van der Waals surface area contributed by atoms with E-state index in [9.17, 15) is 14.4 Å². The molecular formula is C65H112O6. The number of rotatable bonds is 54. The summed E-state index contributed by atoms with van der Waals surface area (Å²) in [6, 6.07) is 0. The van der Waals surface area contributed by atoms with Crippen LogP contribution in [-0.4, -0.2) is 37.2 Å². The van der Waals surface area contributed by atoms with Gasteiger partial charge in [-0.2, -0.15) is 0 Å². The fourth-order valence-electron chi connectivity index (χ4n) is 8.39. The van der Waals surface area contributed by atoms with Crippen molar-refractivity contribution in [3.8, 4) is 0 Å². The molecule has 0 radical (unpaired) electrons. The zero-order valence-electron chi connectivity index (χ0n) is 46.7. The second kappa shape index (κ2) is 59.2. The highest BCUT2D eigenvalue weighted by molar-refractivity contribution is 5.72. The lowest BCUT2D eigenvalue weighted by Gasteiger charge is -2.18. The van der Waals surface area contributed by atoms with Gasteiger partial charge < -0.3 is 14.2 Å².